The number of nitrogens with one attached hydrogen (secondary N) is 1. The van der Waals surface area contributed by atoms with Crippen LogP contribution in [-0.4, -0.2) is 11.6 Å². The first-order valence-corrected chi connectivity index (χ1v) is 5.92. The summed E-state index contributed by atoms with van der Waals surface area (Å²) < 4.78 is 0.949. The maximum atomic E-state index is 9.05. The first-order chi connectivity index (χ1) is 7.42. The third-order valence-corrected chi connectivity index (χ3v) is 3.44. The Morgan fingerprint density at radius 1 is 1.81 bits per heavy atom. The van der Waals surface area contributed by atoms with Gasteiger partial charge in [-0.1, -0.05) is 12.7 Å². The van der Waals surface area contributed by atoms with Crippen molar-refractivity contribution in [2.75, 3.05) is 6.54 Å². The van der Waals surface area contributed by atoms with Gasteiger partial charge in [0.2, 0.25) is 0 Å². The van der Waals surface area contributed by atoms with Crippen LogP contribution in [0.3, 0.4) is 0 Å². The minimum absolute atomic E-state index is 0.504. The highest BCUT2D eigenvalue weighted by atomic mass is 127. The molecule has 0 saturated carbocycles. The zero-order chi connectivity index (χ0) is 12.3. The minimum Gasteiger partial charge on any atom is -0.366 e. The molecule has 5 heteroatoms. The van der Waals surface area contributed by atoms with Gasteiger partial charge in [-0.3, -0.25) is 5.01 Å². The summed E-state index contributed by atoms with van der Waals surface area (Å²) in [6.45, 7) is 8.08. The molecule has 0 radical (unpaired) electrons. The molecule has 0 spiro atoms. The molecule has 16 heavy (non-hydrogen) atoms. The molecule has 0 atom stereocenters. The SMILES string of the molecule is C=C/C(I)=C1/NCC(C(C)(C)C#N)=CN1N. The third kappa shape index (κ3) is 2.57. The molecule has 0 unspecified atom stereocenters. The topological polar surface area (TPSA) is 65.1 Å². The fraction of sp³-hybridized carbons (Fsp3) is 0.364. The number of hydrogen-bond acceptors (Lipinski definition) is 4. The van der Waals surface area contributed by atoms with Crippen LogP contribution in [0, 0.1) is 16.7 Å². The van der Waals surface area contributed by atoms with Crippen LogP contribution in [0.25, 0.3) is 0 Å². The fourth-order valence-corrected chi connectivity index (χ4v) is 1.78. The molecule has 0 saturated heterocycles. The van der Waals surface area contributed by atoms with Gasteiger partial charge in [0.1, 0.15) is 5.82 Å². The molecule has 1 heterocycles. The molecule has 1 rings (SSSR count). The Morgan fingerprint density at radius 3 is 2.88 bits per heavy atom. The van der Waals surface area contributed by atoms with Crippen molar-refractivity contribution in [3.05, 3.63) is 33.8 Å². The minimum atomic E-state index is -0.504. The van der Waals surface area contributed by atoms with E-state index in [4.69, 9.17) is 11.1 Å². The van der Waals surface area contributed by atoms with Crippen molar-refractivity contribution >= 4 is 22.6 Å². The second-order valence-electron chi connectivity index (χ2n) is 4.05. The Hall–Kier alpha value is -1.00. The quantitative estimate of drug-likeness (QED) is 0.600. The van der Waals surface area contributed by atoms with Crippen molar-refractivity contribution < 1.29 is 0 Å². The molecule has 0 aromatic carbocycles. The van der Waals surface area contributed by atoms with E-state index in [9.17, 15) is 0 Å². The van der Waals surface area contributed by atoms with Crippen LogP contribution in [0.4, 0.5) is 0 Å². The van der Waals surface area contributed by atoms with E-state index in [0.29, 0.717) is 6.54 Å². The van der Waals surface area contributed by atoms with E-state index in [-0.39, 0.29) is 0 Å². The van der Waals surface area contributed by atoms with Gasteiger partial charge in [-0.25, -0.2) is 5.84 Å². The summed E-state index contributed by atoms with van der Waals surface area (Å²) in [6, 6.07) is 2.26. The van der Waals surface area contributed by atoms with Crippen LogP contribution < -0.4 is 11.2 Å². The number of hydrazine groups is 1. The van der Waals surface area contributed by atoms with E-state index in [1.165, 1.54) is 5.01 Å². The van der Waals surface area contributed by atoms with Gasteiger partial charge in [-0.15, -0.1) is 0 Å². The molecule has 1 aliphatic heterocycles. The largest absolute Gasteiger partial charge is 0.366 e. The number of allylic oxidation sites excluding steroid dienone is 2. The van der Waals surface area contributed by atoms with Crippen LogP contribution >= 0.6 is 22.6 Å². The Kier molecular flexibility index (Phi) is 3.99. The molecule has 4 nitrogen and oxygen atoms in total. The highest BCUT2D eigenvalue weighted by Gasteiger charge is 2.27. The molecule has 0 bridgehead atoms. The van der Waals surface area contributed by atoms with Crippen molar-refractivity contribution in [3.8, 4) is 6.07 Å². The van der Waals surface area contributed by atoms with Crippen molar-refractivity contribution in [1.82, 2.24) is 10.3 Å². The molecular weight excluding hydrogens is 315 g/mol. The number of nitrogens with zero attached hydrogens (tertiary/aromatic N) is 2. The normalized spacial score (nSPS) is 19.4. The summed E-state index contributed by atoms with van der Waals surface area (Å²) in [7, 11) is 0. The lowest BCUT2D eigenvalue weighted by Gasteiger charge is -2.31. The first kappa shape index (κ1) is 13.1. The lowest BCUT2D eigenvalue weighted by molar-refractivity contribution is 0.398. The van der Waals surface area contributed by atoms with Gasteiger partial charge >= 0.3 is 0 Å². The fourth-order valence-electron chi connectivity index (χ4n) is 1.31. The van der Waals surface area contributed by atoms with E-state index >= 15 is 0 Å². The monoisotopic (exact) mass is 330 g/mol. The second kappa shape index (κ2) is 4.89. The van der Waals surface area contributed by atoms with Crippen LogP contribution in [0.15, 0.2) is 33.8 Å². The summed E-state index contributed by atoms with van der Waals surface area (Å²) in [4.78, 5) is 0. The summed E-state index contributed by atoms with van der Waals surface area (Å²) >= 11 is 2.16. The predicted molar refractivity (Wildman–Crippen MR) is 72.7 cm³/mol. The first-order valence-electron chi connectivity index (χ1n) is 4.85. The average molecular weight is 330 g/mol. The van der Waals surface area contributed by atoms with Crippen LogP contribution in [0.5, 0.6) is 0 Å². The molecule has 0 aromatic heterocycles. The molecule has 0 fully saturated rings. The molecule has 86 valence electrons. The van der Waals surface area contributed by atoms with Gasteiger partial charge in [-0.05, 0) is 42.0 Å². The van der Waals surface area contributed by atoms with Gasteiger partial charge < -0.3 is 5.32 Å². The van der Waals surface area contributed by atoms with Crippen molar-refractivity contribution in [2.45, 2.75) is 13.8 Å². The van der Waals surface area contributed by atoms with Gasteiger partial charge in [0.05, 0.1) is 15.1 Å². The van der Waals surface area contributed by atoms with Crippen molar-refractivity contribution in [3.63, 3.8) is 0 Å². The van der Waals surface area contributed by atoms with E-state index < -0.39 is 5.41 Å². The number of nitriles is 1. The van der Waals surface area contributed by atoms with Gasteiger partial charge in [0.25, 0.3) is 0 Å². The molecule has 0 aliphatic carbocycles. The van der Waals surface area contributed by atoms with E-state index in [2.05, 4.69) is 40.6 Å². The van der Waals surface area contributed by atoms with Crippen LogP contribution in [-0.2, 0) is 0 Å². The number of hydrogen-bond donors (Lipinski definition) is 2. The molecule has 0 aromatic rings. The van der Waals surface area contributed by atoms with Gasteiger partial charge in [-0.2, -0.15) is 5.26 Å². The zero-order valence-corrected chi connectivity index (χ0v) is 11.6. The standard InChI is InChI=1S/C11H15IN4/c1-4-9(12)10-15-5-8(6-16(10)14)11(2,3)7-13/h4,6,15H,1,5,14H2,2-3H3/b10-9+. The lowest BCUT2D eigenvalue weighted by Crippen LogP contribution is -2.41. The summed E-state index contributed by atoms with van der Waals surface area (Å²) in [5.74, 6) is 6.68. The van der Waals surface area contributed by atoms with E-state index in [0.717, 1.165) is 15.0 Å². The number of nitrogens with two attached hydrogens (primary N) is 1. The zero-order valence-electron chi connectivity index (χ0n) is 9.42. The number of rotatable bonds is 2. The molecule has 3 N–H and O–H groups in total. The van der Waals surface area contributed by atoms with E-state index in [1.54, 1.807) is 12.3 Å². The smallest absolute Gasteiger partial charge is 0.134 e. The summed E-state index contributed by atoms with van der Waals surface area (Å²) in [5, 5.41) is 13.7. The van der Waals surface area contributed by atoms with E-state index in [1.807, 2.05) is 13.8 Å². The molecular formula is C11H15IN4. The van der Waals surface area contributed by atoms with Crippen LogP contribution in [0.2, 0.25) is 0 Å². The second-order valence-corrected chi connectivity index (χ2v) is 5.21. The van der Waals surface area contributed by atoms with Crippen LogP contribution in [0.1, 0.15) is 13.8 Å². The maximum absolute atomic E-state index is 9.05. The molecule has 1 aliphatic rings. The van der Waals surface area contributed by atoms with Crippen molar-refractivity contribution in [1.29, 1.82) is 5.26 Å². The summed E-state index contributed by atoms with van der Waals surface area (Å²) in [5.41, 5.74) is 0.463. The van der Waals surface area contributed by atoms with Gasteiger partial charge in [0, 0.05) is 12.7 Å². The summed E-state index contributed by atoms with van der Waals surface area (Å²) in [6.07, 6.45) is 3.54. The van der Waals surface area contributed by atoms with Crippen molar-refractivity contribution in [2.24, 2.45) is 11.3 Å². The Balaban J connectivity index is 3.03. The number of halogens is 1. The highest BCUT2D eigenvalue weighted by Crippen LogP contribution is 2.28. The van der Waals surface area contributed by atoms with Gasteiger partial charge in [0.15, 0.2) is 0 Å². The Bertz CT molecular complexity index is 401. The Labute approximate surface area is 110 Å². The highest BCUT2D eigenvalue weighted by molar-refractivity contribution is 14.1. The average Bonchev–Trinajstić information content (AvgIpc) is 2.28. The Morgan fingerprint density at radius 2 is 2.44 bits per heavy atom. The lowest BCUT2D eigenvalue weighted by atomic mass is 9.85. The predicted octanol–water partition coefficient (Wildman–Crippen LogP) is 1.99. The molecule has 0 amide bonds. The third-order valence-electron chi connectivity index (χ3n) is 2.49. The maximum Gasteiger partial charge on any atom is 0.134 e.